The first-order valence-electron chi connectivity index (χ1n) is 8.13. The van der Waals surface area contributed by atoms with Gasteiger partial charge in [0.1, 0.15) is 0 Å². The van der Waals surface area contributed by atoms with Crippen LogP contribution in [0.25, 0.3) is 0 Å². The Morgan fingerprint density at radius 1 is 1.17 bits per heavy atom. The fraction of sp³-hybridized carbons (Fsp3) is 0.412. The van der Waals surface area contributed by atoms with Gasteiger partial charge in [0, 0.05) is 19.9 Å². The van der Waals surface area contributed by atoms with Crippen LogP contribution >= 0.6 is 0 Å². The van der Waals surface area contributed by atoms with Crippen molar-refractivity contribution in [2.45, 2.75) is 39.2 Å². The number of nitrogen functional groups attached to an aromatic ring is 1. The van der Waals surface area contributed by atoms with Crippen molar-refractivity contribution in [1.82, 2.24) is 10.2 Å². The van der Waals surface area contributed by atoms with E-state index in [2.05, 4.69) is 5.27 Å². The van der Waals surface area contributed by atoms with Gasteiger partial charge in [-0.3, -0.25) is 19.0 Å². The van der Waals surface area contributed by atoms with E-state index in [1.807, 2.05) is 13.8 Å². The van der Waals surface area contributed by atoms with Gasteiger partial charge in [-0.05, 0) is 23.2 Å². The Bertz CT molecular complexity index is 687. The van der Waals surface area contributed by atoms with Crippen molar-refractivity contribution in [3.63, 3.8) is 0 Å². The topological polar surface area (TPSA) is 93.3 Å². The monoisotopic (exact) mass is 331 g/mol. The van der Waals surface area contributed by atoms with Crippen molar-refractivity contribution in [3.05, 3.63) is 41.6 Å². The minimum absolute atomic E-state index is 0.212. The maximum absolute atomic E-state index is 11.3. The lowest BCUT2D eigenvalue weighted by Gasteiger charge is -2.15. The normalized spacial score (nSPS) is 15.7. The zero-order valence-electron chi connectivity index (χ0n) is 14.2. The standard InChI is InChI=1S/C9H7NO2.C6H10N3O.C2H6/c1-10-8(11)6-4-2-3-5-7(6)9(10)12;7-6-4-9(8-10-6)5-2-1-3-5;1-2/h2-5H,1H3;4-5H,1-3,7H2;1-2H3/q;+1;. The highest BCUT2D eigenvalue weighted by Crippen LogP contribution is 2.25. The molecule has 0 unspecified atom stereocenters. The lowest BCUT2D eigenvalue weighted by atomic mass is 9.93. The van der Waals surface area contributed by atoms with Gasteiger partial charge in [0.15, 0.2) is 6.04 Å². The molecule has 1 saturated carbocycles. The fourth-order valence-electron chi connectivity index (χ4n) is 2.40. The maximum Gasteiger partial charge on any atom is 0.293 e. The van der Waals surface area contributed by atoms with Gasteiger partial charge in [-0.25, -0.2) is 0 Å². The lowest BCUT2D eigenvalue weighted by Crippen LogP contribution is -2.44. The summed E-state index contributed by atoms with van der Waals surface area (Å²) in [5.74, 6) is -0.0295. The number of nitrogens with zero attached hydrogens (tertiary/aromatic N) is 3. The zero-order chi connectivity index (χ0) is 17.7. The summed E-state index contributed by atoms with van der Waals surface area (Å²) < 4.78 is 6.52. The Morgan fingerprint density at radius 3 is 2.08 bits per heavy atom. The quantitative estimate of drug-likeness (QED) is 0.639. The number of rotatable bonds is 1. The largest absolute Gasteiger partial charge is 0.362 e. The highest BCUT2D eigenvalue weighted by molar-refractivity contribution is 6.21. The number of nitrogens with two attached hydrogens (primary N) is 1. The summed E-state index contributed by atoms with van der Waals surface area (Å²) in [5.41, 5.74) is 6.35. The van der Waals surface area contributed by atoms with Crippen LogP contribution in [0, 0.1) is 0 Å². The molecule has 2 N–H and O–H groups in total. The highest BCUT2D eigenvalue weighted by Gasteiger charge is 2.31. The number of anilines is 1. The van der Waals surface area contributed by atoms with Crippen LogP contribution < -0.4 is 10.4 Å². The van der Waals surface area contributed by atoms with Crippen LogP contribution in [0.3, 0.4) is 0 Å². The van der Waals surface area contributed by atoms with Gasteiger partial charge in [-0.15, -0.1) is 0 Å². The molecule has 4 rings (SSSR count). The van der Waals surface area contributed by atoms with E-state index in [-0.39, 0.29) is 11.8 Å². The summed E-state index contributed by atoms with van der Waals surface area (Å²) >= 11 is 0. The van der Waals surface area contributed by atoms with Gasteiger partial charge in [0.25, 0.3) is 23.9 Å². The van der Waals surface area contributed by atoms with Crippen LogP contribution in [0.15, 0.2) is 35.0 Å². The minimum atomic E-state index is -0.212. The van der Waals surface area contributed by atoms with Crippen molar-refractivity contribution < 1.29 is 18.8 Å². The molecular formula is C17H23N4O3+. The average molecular weight is 331 g/mol. The van der Waals surface area contributed by atoms with E-state index < -0.39 is 0 Å². The first-order chi connectivity index (χ1) is 11.6. The Labute approximate surface area is 141 Å². The highest BCUT2D eigenvalue weighted by atomic mass is 16.5. The van der Waals surface area contributed by atoms with Crippen LogP contribution in [0.4, 0.5) is 5.88 Å². The second kappa shape index (κ2) is 7.72. The minimum Gasteiger partial charge on any atom is -0.362 e. The molecule has 1 aliphatic heterocycles. The molecule has 128 valence electrons. The Hall–Kier alpha value is -2.70. The molecule has 1 aromatic heterocycles. The Morgan fingerprint density at radius 2 is 1.71 bits per heavy atom. The van der Waals surface area contributed by atoms with Gasteiger partial charge in [-0.1, -0.05) is 26.0 Å². The number of hydrogen-bond donors (Lipinski definition) is 1. The lowest BCUT2D eigenvalue weighted by molar-refractivity contribution is -0.793. The van der Waals surface area contributed by atoms with Crippen molar-refractivity contribution in [2.75, 3.05) is 12.8 Å². The van der Waals surface area contributed by atoms with Gasteiger partial charge in [0.2, 0.25) is 5.27 Å². The van der Waals surface area contributed by atoms with E-state index in [4.69, 9.17) is 10.3 Å². The molecule has 0 spiro atoms. The molecule has 7 nitrogen and oxygen atoms in total. The number of carbonyl (C=O) groups excluding carboxylic acids is 2. The van der Waals surface area contributed by atoms with Crippen LogP contribution in [-0.2, 0) is 0 Å². The van der Waals surface area contributed by atoms with Gasteiger partial charge in [0.05, 0.1) is 11.1 Å². The number of aromatic nitrogens is 2. The van der Waals surface area contributed by atoms with E-state index in [0.29, 0.717) is 23.1 Å². The average Bonchev–Trinajstić information content (AvgIpc) is 3.07. The molecule has 24 heavy (non-hydrogen) atoms. The molecular weight excluding hydrogens is 308 g/mol. The summed E-state index contributed by atoms with van der Waals surface area (Å²) in [5, 5.41) is 3.75. The number of carbonyl (C=O) groups is 2. The predicted molar refractivity (Wildman–Crippen MR) is 88.2 cm³/mol. The molecule has 7 heteroatoms. The smallest absolute Gasteiger partial charge is 0.293 e. The first-order valence-corrected chi connectivity index (χ1v) is 8.13. The van der Waals surface area contributed by atoms with E-state index in [1.165, 1.54) is 26.3 Å². The molecule has 0 saturated heterocycles. The molecule has 1 aliphatic carbocycles. The van der Waals surface area contributed by atoms with Crippen molar-refractivity contribution in [2.24, 2.45) is 0 Å². The number of hydrogen-bond acceptors (Lipinski definition) is 5. The zero-order valence-corrected chi connectivity index (χ0v) is 14.2. The van der Waals surface area contributed by atoms with Crippen molar-refractivity contribution in [1.29, 1.82) is 0 Å². The van der Waals surface area contributed by atoms with Gasteiger partial charge in [-0.2, -0.15) is 0 Å². The van der Waals surface area contributed by atoms with Gasteiger partial charge < -0.3 is 5.73 Å². The van der Waals surface area contributed by atoms with Gasteiger partial charge >= 0.3 is 0 Å². The van der Waals surface area contributed by atoms with Crippen LogP contribution in [0.5, 0.6) is 0 Å². The van der Waals surface area contributed by atoms with E-state index in [1.54, 1.807) is 35.1 Å². The second-order valence-corrected chi connectivity index (χ2v) is 5.38. The number of fused-ring (bicyclic) bond motifs is 1. The fourth-order valence-corrected chi connectivity index (χ4v) is 2.40. The maximum atomic E-state index is 11.3. The number of imide groups is 1. The molecule has 1 fully saturated rings. The van der Waals surface area contributed by atoms with E-state index in [0.717, 1.165) is 4.90 Å². The van der Waals surface area contributed by atoms with Crippen LogP contribution in [0.2, 0.25) is 0 Å². The SMILES string of the molecule is CC.CN1C(=O)c2ccccc2C1=O.Nc1c[n+](C2CCC2)no1. The molecule has 0 radical (unpaired) electrons. The molecule has 0 atom stereocenters. The summed E-state index contributed by atoms with van der Waals surface area (Å²) in [6, 6.07) is 7.38. The predicted octanol–water partition coefficient (Wildman–Crippen LogP) is 2.21. The van der Waals surface area contributed by atoms with Crippen LogP contribution in [-0.4, -0.2) is 29.0 Å². The van der Waals surface area contributed by atoms with Crippen molar-refractivity contribution in [3.8, 4) is 0 Å². The first kappa shape index (κ1) is 17.7. The summed E-state index contributed by atoms with van der Waals surface area (Å²) in [6.07, 6.45) is 5.45. The van der Waals surface area contributed by atoms with Crippen molar-refractivity contribution >= 4 is 17.7 Å². The third kappa shape index (κ3) is 3.45. The molecule has 2 heterocycles. The van der Waals surface area contributed by atoms with E-state index in [9.17, 15) is 9.59 Å². The Kier molecular flexibility index (Phi) is 5.68. The summed E-state index contributed by atoms with van der Waals surface area (Å²) in [6.45, 7) is 4.00. The second-order valence-electron chi connectivity index (χ2n) is 5.38. The third-order valence-electron chi connectivity index (χ3n) is 3.95. The summed E-state index contributed by atoms with van der Waals surface area (Å²) in [4.78, 5) is 23.8. The molecule has 1 aromatic carbocycles. The van der Waals surface area contributed by atoms with Crippen LogP contribution in [0.1, 0.15) is 59.9 Å². The van der Waals surface area contributed by atoms with E-state index >= 15 is 0 Å². The third-order valence-corrected chi connectivity index (χ3v) is 3.95. The number of benzene rings is 1. The molecule has 0 bridgehead atoms. The number of amides is 2. The summed E-state index contributed by atoms with van der Waals surface area (Å²) in [7, 11) is 1.49. The Balaban J connectivity index is 0.000000160. The molecule has 2 amide bonds. The molecule has 2 aliphatic rings. The molecule has 2 aromatic rings.